The van der Waals surface area contributed by atoms with E-state index in [0.717, 1.165) is 30.8 Å². The molecule has 2 N–H and O–H groups in total. The van der Waals surface area contributed by atoms with Crippen molar-refractivity contribution in [3.05, 3.63) is 24.3 Å². The van der Waals surface area contributed by atoms with Gasteiger partial charge in [-0.05, 0) is 43.4 Å². The van der Waals surface area contributed by atoms with Crippen LogP contribution in [0.2, 0.25) is 0 Å². The molecule has 0 bridgehead atoms. The molecule has 5 nitrogen and oxygen atoms in total. The van der Waals surface area contributed by atoms with Crippen molar-refractivity contribution in [2.75, 3.05) is 16.8 Å². The van der Waals surface area contributed by atoms with Gasteiger partial charge in [-0.15, -0.1) is 0 Å². The Morgan fingerprint density at radius 3 is 2.78 bits per heavy atom. The van der Waals surface area contributed by atoms with Crippen molar-refractivity contribution in [1.29, 1.82) is 0 Å². The summed E-state index contributed by atoms with van der Waals surface area (Å²) in [5.74, 6) is 0.686. The van der Waals surface area contributed by atoms with Crippen molar-refractivity contribution >= 4 is 23.3 Å². The van der Waals surface area contributed by atoms with Gasteiger partial charge in [0.15, 0.2) is 0 Å². The minimum absolute atomic E-state index is 0.155. The lowest BCUT2D eigenvalue weighted by molar-refractivity contribution is -0.117. The minimum Gasteiger partial charge on any atom is -0.335 e. The van der Waals surface area contributed by atoms with E-state index in [4.69, 9.17) is 0 Å². The summed E-state index contributed by atoms with van der Waals surface area (Å²) in [4.78, 5) is 25.8. The van der Waals surface area contributed by atoms with Gasteiger partial charge in [0, 0.05) is 30.4 Å². The van der Waals surface area contributed by atoms with Crippen LogP contribution in [-0.2, 0) is 4.79 Å². The van der Waals surface area contributed by atoms with E-state index < -0.39 is 0 Å². The number of carbonyl (C=O) groups is 2. The lowest BCUT2D eigenvalue weighted by atomic mass is 9.86. The summed E-state index contributed by atoms with van der Waals surface area (Å²) < 4.78 is 0. The second-order valence-electron chi connectivity index (χ2n) is 6.67. The van der Waals surface area contributed by atoms with Crippen molar-refractivity contribution in [3.8, 4) is 0 Å². The van der Waals surface area contributed by atoms with Crippen LogP contribution in [0.5, 0.6) is 0 Å². The SMILES string of the molecule is CC1CCCCC1NC(=O)Nc1cccc(N2CCCC2=O)c1. The quantitative estimate of drug-likeness (QED) is 0.896. The molecule has 23 heavy (non-hydrogen) atoms. The largest absolute Gasteiger partial charge is 0.335 e. The van der Waals surface area contributed by atoms with Gasteiger partial charge in [0.1, 0.15) is 0 Å². The molecule has 3 amide bonds. The molecule has 1 aromatic rings. The molecule has 1 aliphatic heterocycles. The lowest BCUT2D eigenvalue weighted by Gasteiger charge is -2.29. The van der Waals surface area contributed by atoms with E-state index in [1.807, 2.05) is 24.3 Å². The van der Waals surface area contributed by atoms with Gasteiger partial charge in [0.25, 0.3) is 0 Å². The van der Waals surface area contributed by atoms with Gasteiger partial charge >= 0.3 is 6.03 Å². The Balaban J connectivity index is 1.61. The monoisotopic (exact) mass is 315 g/mol. The number of carbonyl (C=O) groups excluding carboxylic acids is 2. The Kier molecular flexibility index (Phi) is 4.84. The van der Waals surface area contributed by atoms with Crippen molar-refractivity contribution in [2.24, 2.45) is 5.92 Å². The molecule has 5 heteroatoms. The zero-order valence-electron chi connectivity index (χ0n) is 13.7. The fraction of sp³-hybridized carbons (Fsp3) is 0.556. The predicted molar refractivity (Wildman–Crippen MR) is 91.6 cm³/mol. The smallest absolute Gasteiger partial charge is 0.319 e. The van der Waals surface area contributed by atoms with Gasteiger partial charge in [0.05, 0.1) is 0 Å². The van der Waals surface area contributed by atoms with Gasteiger partial charge in [-0.25, -0.2) is 4.79 Å². The average molecular weight is 315 g/mol. The maximum atomic E-state index is 12.2. The Morgan fingerprint density at radius 1 is 1.22 bits per heavy atom. The van der Waals surface area contributed by atoms with Crippen molar-refractivity contribution in [3.63, 3.8) is 0 Å². The predicted octanol–water partition coefficient (Wildman–Crippen LogP) is 3.51. The van der Waals surface area contributed by atoms with Crippen LogP contribution >= 0.6 is 0 Å². The molecule has 2 unspecified atom stereocenters. The highest BCUT2D eigenvalue weighted by Gasteiger charge is 2.24. The van der Waals surface area contributed by atoms with Gasteiger partial charge in [0.2, 0.25) is 5.91 Å². The maximum absolute atomic E-state index is 12.2. The van der Waals surface area contributed by atoms with Gasteiger partial charge in [-0.1, -0.05) is 25.8 Å². The number of benzene rings is 1. The zero-order valence-corrected chi connectivity index (χ0v) is 13.7. The van der Waals surface area contributed by atoms with Crippen LogP contribution in [0.1, 0.15) is 45.4 Å². The molecule has 1 saturated heterocycles. The number of rotatable bonds is 3. The summed E-state index contributed by atoms with van der Waals surface area (Å²) in [5, 5.41) is 5.98. The first-order valence-electron chi connectivity index (χ1n) is 8.61. The van der Waals surface area contributed by atoms with E-state index >= 15 is 0 Å². The molecular formula is C18H25N3O2. The number of anilines is 2. The number of amides is 3. The number of hydrogen-bond donors (Lipinski definition) is 2. The van der Waals surface area contributed by atoms with Gasteiger partial charge in [-0.2, -0.15) is 0 Å². The third-order valence-electron chi connectivity index (χ3n) is 4.92. The van der Waals surface area contributed by atoms with E-state index in [2.05, 4.69) is 17.6 Å². The molecule has 124 valence electrons. The summed E-state index contributed by atoms with van der Waals surface area (Å²) in [6.07, 6.45) is 6.18. The fourth-order valence-corrected chi connectivity index (χ4v) is 3.54. The molecule has 1 aromatic carbocycles. The molecule has 1 saturated carbocycles. The summed E-state index contributed by atoms with van der Waals surface area (Å²) in [6, 6.07) is 7.61. The molecule has 1 aliphatic carbocycles. The summed E-state index contributed by atoms with van der Waals surface area (Å²) in [6.45, 7) is 2.96. The Bertz CT molecular complexity index is 587. The van der Waals surface area contributed by atoms with Gasteiger partial charge < -0.3 is 15.5 Å². The Hall–Kier alpha value is -2.04. The van der Waals surface area contributed by atoms with Crippen LogP contribution in [0.25, 0.3) is 0 Å². The number of hydrogen-bond acceptors (Lipinski definition) is 2. The zero-order chi connectivity index (χ0) is 16.2. The number of urea groups is 1. The van der Waals surface area contributed by atoms with Crippen molar-refractivity contribution < 1.29 is 9.59 Å². The Morgan fingerprint density at radius 2 is 2.04 bits per heavy atom. The van der Waals surface area contributed by atoms with Crippen molar-refractivity contribution in [2.45, 2.75) is 51.5 Å². The highest BCUT2D eigenvalue weighted by molar-refractivity contribution is 5.96. The molecule has 2 fully saturated rings. The molecule has 2 aliphatic rings. The molecule has 1 heterocycles. The standard InChI is InChI=1S/C18H25N3O2/c1-13-6-2-3-9-16(13)20-18(23)19-14-7-4-8-15(12-14)21-11-5-10-17(21)22/h4,7-8,12-13,16H,2-3,5-6,9-11H2,1H3,(H2,19,20,23). The highest BCUT2D eigenvalue weighted by atomic mass is 16.2. The number of nitrogens with one attached hydrogen (secondary N) is 2. The first kappa shape index (κ1) is 15.8. The molecule has 2 atom stereocenters. The highest BCUT2D eigenvalue weighted by Crippen LogP contribution is 2.25. The first-order chi connectivity index (χ1) is 11.1. The molecular weight excluding hydrogens is 290 g/mol. The molecule has 0 spiro atoms. The van der Waals surface area contributed by atoms with E-state index in [0.29, 0.717) is 12.3 Å². The minimum atomic E-state index is -0.159. The van der Waals surface area contributed by atoms with Crippen LogP contribution in [0, 0.1) is 5.92 Å². The summed E-state index contributed by atoms with van der Waals surface area (Å²) >= 11 is 0. The lowest BCUT2D eigenvalue weighted by Crippen LogP contribution is -2.43. The van der Waals surface area contributed by atoms with E-state index in [-0.39, 0.29) is 18.0 Å². The molecule has 3 rings (SSSR count). The first-order valence-corrected chi connectivity index (χ1v) is 8.61. The van der Waals surface area contributed by atoms with Crippen LogP contribution in [0.3, 0.4) is 0 Å². The van der Waals surface area contributed by atoms with Crippen LogP contribution in [-0.4, -0.2) is 24.5 Å². The van der Waals surface area contributed by atoms with Crippen LogP contribution in [0.15, 0.2) is 24.3 Å². The second-order valence-corrected chi connectivity index (χ2v) is 6.67. The summed E-state index contributed by atoms with van der Waals surface area (Å²) in [5.41, 5.74) is 1.58. The van der Waals surface area contributed by atoms with Crippen LogP contribution in [0.4, 0.5) is 16.2 Å². The third kappa shape index (κ3) is 3.84. The Labute approximate surface area is 137 Å². The molecule has 0 radical (unpaired) electrons. The summed E-state index contributed by atoms with van der Waals surface area (Å²) in [7, 11) is 0. The maximum Gasteiger partial charge on any atom is 0.319 e. The normalized spacial score (nSPS) is 24.6. The van der Waals surface area contributed by atoms with Crippen LogP contribution < -0.4 is 15.5 Å². The van der Waals surface area contributed by atoms with E-state index in [9.17, 15) is 9.59 Å². The van der Waals surface area contributed by atoms with E-state index in [1.165, 1.54) is 19.3 Å². The van der Waals surface area contributed by atoms with E-state index in [1.54, 1.807) is 4.90 Å². The fourth-order valence-electron chi connectivity index (χ4n) is 3.54. The van der Waals surface area contributed by atoms with Gasteiger partial charge in [-0.3, -0.25) is 4.79 Å². The van der Waals surface area contributed by atoms with Crippen molar-refractivity contribution in [1.82, 2.24) is 5.32 Å². The topological polar surface area (TPSA) is 61.4 Å². The number of nitrogens with zero attached hydrogens (tertiary/aromatic N) is 1. The third-order valence-corrected chi connectivity index (χ3v) is 4.92. The average Bonchev–Trinajstić information content (AvgIpc) is 2.96. The molecule has 0 aromatic heterocycles. The second kappa shape index (κ2) is 7.02.